The Bertz CT molecular complexity index is 589. The van der Waals surface area contributed by atoms with Gasteiger partial charge in [0.25, 0.3) is 0 Å². The van der Waals surface area contributed by atoms with Crippen LogP contribution in [0.25, 0.3) is 0 Å². The van der Waals surface area contributed by atoms with Crippen molar-refractivity contribution in [3.8, 4) is 0 Å². The minimum absolute atomic E-state index is 0.104. The number of rotatable bonds is 5. The quantitative estimate of drug-likeness (QED) is 0.911. The number of halogens is 1. The molecule has 1 aromatic carbocycles. The van der Waals surface area contributed by atoms with Crippen molar-refractivity contribution in [1.29, 1.82) is 0 Å². The maximum atomic E-state index is 6.33. The molecule has 0 saturated carbocycles. The van der Waals surface area contributed by atoms with Crippen LogP contribution >= 0.6 is 15.9 Å². The van der Waals surface area contributed by atoms with Crippen LogP contribution in [0.1, 0.15) is 29.4 Å². The Morgan fingerprint density at radius 2 is 2.00 bits per heavy atom. The maximum Gasteiger partial charge on any atom is 0.0766 e. The Morgan fingerprint density at radius 1 is 1.30 bits per heavy atom. The highest BCUT2D eigenvalue weighted by molar-refractivity contribution is 9.10. The van der Waals surface area contributed by atoms with E-state index in [4.69, 9.17) is 5.73 Å². The first kappa shape index (κ1) is 15.3. The topological polar surface area (TPSA) is 43.8 Å². The van der Waals surface area contributed by atoms with Gasteiger partial charge in [-0.25, -0.2) is 0 Å². The number of hydrogen-bond acceptors (Lipinski definition) is 2. The van der Waals surface area contributed by atoms with Gasteiger partial charge < -0.3 is 5.73 Å². The first-order chi connectivity index (χ1) is 9.52. The van der Waals surface area contributed by atoms with Crippen LogP contribution in [0.5, 0.6) is 0 Å². The molecule has 1 atom stereocenters. The highest BCUT2D eigenvalue weighted by Crippen LogP contribution is 2.23. The molecule has 1 unspecified atom stereocenters. The third kappa shape index (κ3) is 3.30. The molecule has 0 aliphatic rings. The first-order valence-corrected chi connectivity index (χ1v) is 7.82. The van der Waals surface area contributed by atoms with Crippen molar-refractivity contribution in [2.24, 2.45) is 12.8 Å². The Morgan fingerprint density at radius 3 is 2.60 bits per heavy atom. The van der Waals surface area contributed by atoms with E-state index in [1.165, 1.54) is 16.8 Å². The fraction of sp³-hybridized carbons (Fsp3) is 0.438. The summed E-state index contributed by atoms with van der Waals surface area (Å²) < 4.78 is 3.06. The van der Waals surface area contributed by atoms with Gasteiger partial charge in [-0.1, -0.05) is 31.2 Å². The van der Waals surface area contributed by atoms with Crippen molar-refractivity contribution < 1.29 is 0 Å². The number of aromatic nitrogens is 2. The molecule has 2 N–H and O–H groups in total. The van der Waals surface area contributed by atoms with Crippen molar-refractivity contribution in [1.82, 2.24) is 9.78 Å². The maximum absolute atomic E-state index is 6.33. The van der Waals surface area contributed by atoms with Crippen LogP contribution in [-0.4, -0.2) is 15.8 Å². The van der Waals surface area contributed by atoms with Crippen molar-refractivity contribution in [3.05, 3.63) is 51.3 Å². The first-order valence-electron chi connectivity index (χ1n) is 7.03. The van der Waals surface area contributed by atoms with E-state index in [2.05, 4.69) is 59.1 Å². The summed E-state index contributed by atoms with van der Waals surface area (Å²) in [5.41, 5.74) is 11.3. The summed E-state index contributed by atoms with van der Waals surface area (Å²) in [6, 6.07) is 8.54. The largest absolute Gasteiger partial charge is 0.327 e. The van der Waals surface area contributed by atoms with Crippen LogP contribution < -0.4 is 5.73 Å². The minimum Gasteiger partial charge on any atom is -0.327 e. The fourth-order valence-electron chi connectivity index (χ4n) is 2.48. The average Bonchev–Trinajstić information content (AvgIpc) is 2.69. The van der Waals surface area contributed by atoms with Crippen molar-refractivity contribution in [2.45, 2.75) is 39.2 Å². The molecular formula is C16H22BrN3. The van der Waals surface area contributed by atoms with Crippen molar-refractivity contribution >= 4 is 15.9 Å². The van der Waals surface area contributed by atoms with Gasteiger partial charge in [0.05, 0.1) is 15.9 Å². The summed E-state index contributed by atoms with van der Waals surface area (Å²) >= 11 is 3.65. The molecule has 0 amide bonds. The number of benzene rings is 1. The predicted octanol–water partition coefficient (Wildman–Crippen LogP) is 3.17. The molecule has 0 saturated heterocycles. The van der Waals surface area contributed by atoms with Gasteiger partial charge in [0.2, 0.25) is 0 Å². The van der Waals surface area contributed by atoms with Crippen LogP contribution in [0.15, 0.2) is 28.7 Å². The number of hydrogen-bond donors (Lipinski definition) is 1. The Hall–Kier alpha value is -1.13. The Balaban J connectivity index is 2.11. The number of aryl methyl sites for hydroxylation is 3. The lowest BCUT2D eigenvalue weighted by Gasteiger charge is -2.14. The molecule has 0 spiro atoms. The standard InChI is InChI=1S/C16H22BrN3/c1-4-14-16(17)15(20(3)19-14)10-13(18)9-12-8-6-5-7-11(12)2/h5-8,13H,4,9-10,18H2,1-3H3. The number of nitrogens with two attached hydrogens (primary N) is 1. The zero-order valence-electron chi connectivity index (χ0n) is 12.4. The number of nitrogens with zero attached hydrogens (tertiary/aromatic N) is 2. The summed E-state index contributed by atoms with van der Waals surface area (Å²) in [6.07, 6.45) is 2.66. The molecule has 0 aliphatic heterocycles. The zero-order chi connectivity index (χ0) is 14.7. The monoisotopic (exact) mass is 335 g/mol. The van der Waals surface area contributed by atoms with Crippen LogP contribution in [0.3, 0.4) is 0 Å². The molecule has 108 valence electrons. The van der Waals surface area contributed by atoms with Crippen LogP contribution in [0, 0.1) is 6.92 Å². The molecule has 0 fully saturated rings. The van der Waals surface area contributed by atoms with Gasteiger partial charge in [0.15, 0.2) is 0 Å². The van der Waals surface area contributed by atoms with Crippen LogP contribution in [0.2, 0.25) is 0 Å². The summed E-state index contributed by atoms with van der Waals surface area (Å²) in [5.74, 6) is 0. The Kier molecular flexibility index (Phi) is 5.00. The highest BCUT2D eigenvalue weighted by atomic mass is 79.9. The van der Waals surface area contributed by atoms with Gasteiger partial charge in [0, 0.05) is 19.5 Å². The lowest BCUT2D eigenvalue weighted by Crippen LogP contribution is -2.27. The fourth-order valence-corrected chi connectivity index (χ4v) is 3.26. The molecule has 1 aromatic heterocycles. The summed E-state index contributed by atoms with van der Waals surface area (Å²) in [4.78, 5) is 0. The van der Waals surface area contributed by atoms with Gasteiger partial charge in [-0.15, -0.1) is 0 Å². The second kappa shape index (κ2) is 6.55. The van der Waals surface area contributed by atoms with Crippen molar-refractivity contribution in [3.63, 3.8) is 0 Å². The second-order valence-electron chi connectivity index (χ2n) is 5.28. The molecular weight excluding hydrogens is 314 g/mol. The predicted molar refractivity (Wildman–Crippen MR) is 86.8 cm³/mol. The highest BCUT2D eigenvalue weighted by Gasteiger charge is 2.16. The molecule has 0 bridgehead atoms. The smallest absolute Gasteiger partial charge is 0.0766 e. The van der Waals surface area contributed by atoms with E-state index in [0.717, 1.165) is 29.4 Å². The zero-order valence-corrected chi connectivity index (χ0v) is 13.9. The summed E-state index contributed by atoms with van der Waals surface area (Å²) in [7, 11) is 1.99. The van der Waals surface area contributed by atoms with E-state index in [1.807, 2.05) is 11.7 Å². The van der Waals surface area contributed by atoms with E-state index in [-0.39, 0.29) is 6.04 Å². The van der Waals surface area contributed by atoms with E-state index in [9.17, 15) is 0 Å². The summed E-state index contributed by atoms with van der Waals surface area (Å²) in [6.45, 7) is 4.25. The molecule has 3 nitrogen and oxygen atoms in total. The van der Waals surface area contributed by atoms with Gasteiger partial charge in [-0.3, -0.25) is 4.68 Å². The van der Waals surface area contributed by atoms with E-state index < -0.39 is 0 Å². The third-order valence-corrected chi connectivity index (χ3v) is 4.62. The van der Waals surface area contributed by atoms with E-state index in [1.54, 1.807) is 0 Å². The summed E-state index contributed by atoms with van der Waals surface area (Å²) in [5, 5.41) is 4.52. The van der Waals surface area contributed by atoms with Crippen LogP contribution in [0.4, 0.5) is 0 Å². The lowest BCUT2D eigenvalue weighted by molar-refractivity contribution is 0.609. The Labute approximate surface area is 129 Å². The average molecular weight is 336 g/mol. The molecule has 2 rings (SSSR count). The van der Waals surface area contributed by atoms with Gasteiger partial charge in [0.1, 0.15) is 0 Å². The molecule has 0 radical (unpaired) electrons. The molecule has 20 heavy (non-hydrogen) atoms. The second-order valence-corrected chi connectivity index (χ2v) is 6.07. The van der Waals surface area contributed by atoms with Gasteiger partial charge in [-0.2, -0.15) is 5.10 Å². The van der Waals surface area contributed by atoms with Crippen molar-refractivity contribution in [2.75, 3.05) is 0 Å². The SMILES string of the molecule is CCc1nn(C)c(CC(N)Cc2ccccc2C)c1Br. The van der Waals surface area contributed by atoms with Gasteiger partial charge >= 0.3 is 0 Å². The third-order valence-electron chi connectivity index (χ3n) is 3.70. The molecule has 0 aliphatic carbocycles. The normalized spacial score (nSPS) is 12.7. The molecule has 4 heteroatoms. The molecule has 1 heterocycles. The minimum atomic E-state index is 0.104. The molecule has 2 aromatic rings. The van der Waals surface area contributed by atoms with E-state index >= 15 is 0 Å². The van der Waals surface area contributed by atoms with Gasteiger partial charge in [-0.05, 0) is 46.8 Å². The lowest BCUT2D eigenvalue weighted by atomic mass is 9.99. The van der Waals surface area contributed by atoms with Crippen LogP contribution in [-0.2, 0) is 26.3 Å². The van der Waals surface area contributed by atoms with E-state index in [0.29, 0.717) is 0 Å².